The Morgan fingerprint density at radius 1 is 0.596 bits per heavy atom. The molecule has 0 amide bonds. The van der Waals surface area contributed by atoms with Gasteiger partial charge in [0.25, 0.3) is 0 Å². The third kappa shape index (κ3) is 5.92. The van der Waals surface area contributed by atoms with Crippen molar-refractivity contribution in [3.8, 4) is 22.3 Å². The second-order valence-electron chi connectivity index (χ2n) is 17.8. The van der Waals surface area contributed by atoms with Gasteiger partial charge in [-0.3, -0.25) is 0 Å². The van der Waals surface area contributed by atoms with E-state index in [1.165, 1.54) is 107 Å². The zero-order chi connectivity index (χ0) is 36.5. The zero-order valence-corrected chi connectivity index (χ0v) is 37.4. The van der Waals surface area contributed by atoms with Crippen molar-refractivity contribution in [2.45, 2.75) is 112 Å². The SMILES string of the molecule is CCC1(CC2=Cc3c(-c4ccc(C)cc4)cccc3[CH]2[Zr]([Cl])([Cl])([CH]2C(CC3(CC)CCC3)=Cc3c(-c4ccc(C)cc4)cccc32)[SiH](C)C)CCC1. The third-order valence-electron chi connectivity index (χ3n) is 14.7. The number of benzene rings is 4. The number of aryl methyl sites for hydroxylation is 2. The van der Waals surface area contributed by atoms with Crippen LogP contribution in [0.1, 0.15) is 119 Å². The van der Waals surface area contributed by atoms with Crippen LogP contribution in [0.15, 0.2) is 96.1 Å². The molecule has 0 radical (unpaired) electrons. The summed E-state index contributed by atoms with van der Waals surface area (Å²) in [6.07, 6.45) is 17.9. The van der Waals surface area contributed by atoms with Crippen LogP contribution < -0.4 is 0 Å². The van der Waals surface area contributed by atoms with E-state index in [4.69, 9.17) is 17.0 Å². The molecular weight excluding hydrogens is 767 g/mol. The molecule has 0 N–H and O–H groups in total. The number of hydrogen-bond donors (Lipinski definition) is 0. The van der Waals surface area contributed by atoms with Gasteiger partial charge in [0.15, 0.2) is 0 Å². The number of rotatable bonds is 11. The van der Waals surface area contributed by atoms with Crippen molar-refractivity contribution in [1.82, 2.24) is 0 Å². The van der Waals surface area contributed by atoms with E-state index in [2.05, 4.69) is 138 Å². The molecule has 4 aliphatic rings. The van der Waals surface area contributed by atoms with Crippen molar-refractivity contribution in [3.05, 3.63) is 129 Å². The molecule has 52 heavy (non-hydrogen) atoms. The summed E-state index contributed by atoms with van der Waals surface area (Å²) in [5, 5.41) is 0. The van der Waals surface area contributed by atoms with Crippen LogP contribution in [-0.2, 0) is 15.6 Å². The minimum atomic E-state index is -4.98. The average Bonchev–Trinajstić information content (AvgIpc) is 3.68. The summed E-state index contributed by atoms with van der Waals surface area (Å²) >= 11 is -4.98. The Morgan fingerprint density at radius 3 is 1.29 bits per heavy atom. The molecule has 0 aromatic heterocycles. The van der Waals surface area contributed by atoms with Crippen LogP contribution in [0.4, 0.5) is 0 Å². The van der Waals surface area contributed by atoms with E-state index in [1.54, 1.807) is 11.1 Å². The summed E-state index contributed by atoms with van der Waals surface area (Å²) in [7, 11) is 18.1. The van der Waals surface area contributed by atoms with E-state index in [0.717, 1.165) is 12.8 Å². The molecule has 0 spiro atoms. The van der Waals surface area contributed by atoms with Gasteiger partial charge in [-0.05, 0) is 0 Å². The summed E-state index contributed by atoms with van der Waals surface area (Å²) in [5.41, 5.74) is 17.3. The molecule has 2 atom stereocenters. The van der Waals surface area contributed by atoms with Gasteiger partial charge in [0.1, 0.15) is 0 Å². The first-order valence-corrected chi connectivity index (χ1v) is 36.6. The molecule has 0 bridgehead atoms. The first-order valence-electron chi connectivity index (χ1n) is 20.3. The fourth-order valence-corrected chi connectivity index (χ4v) is 42.2. The van der Waals surface area contributed by atoms with Gasteiger partial charge < -0.3 is 0 Å². The summed E-state index contributed by atoms with van der Waals surface area (Å²) in [6, 6.07) is 32.4. The molecule has 0 aliphatic heterocycles. The summed E-state index contributed by atoms with van der Waals surface area (Å²) < 4.78 is 0.254. The molecule has 4 heteroatoms. The van der Waals surface area contributed by atoms with Gasteiger partial charge >= 0.3 is 325 Å². The van der Waals surface area contributed by atoms with Gasteiger partial charge in [0.05, 0.1) is 0 Å². The number of halogens is 2. The van der Waals surface area contributed by atoms with Gasteiger partial charge in [0, 0.05) is 0 Å². The quantitative estimate of drug-likeness (QED) is 0.132. The van der Waals surface area contributed by atoms with E-state index < -0.39 is 21.5 Å². The van der Waals surface area contributed by atoms with E-state index in [0.29, 0.717) is 10.8 Å². The minimum absolute atomic E-state index is 0.127. The van der Waals surface area contributed by atoms with Gasteiger partial charge in [-0.15, -0.1) is 0 Å². The maximum absolute atomic E-state index is 9.05. The molecule has 0 heterocycles. The first kappa shape index (κ1) is 37.0. The molecule has 0 saturated heterocycles. The van der Waals surface area contributed by atoms with Crippen molar-refractivity contribution in [2.75, 3.05) is 0 Å². The van der Waals surface area contributed by atoms with E-state index in [1.807, 2.05) is 0 Å². The summed E-state index contributed by atoms with van der Waals surface area (Å²) in [6.45, 7) is 14.3. The molecular formula is C48H57Cl2SiZr. The fourth-order valence-electron chi connectivity index (χ4n) is 10.9. The van der Waals surface area contributed by atoms with Gasteiger partial charge in [0.2, 0.25) is 0 Å². The van der Waals surface area contributed by atoms with E-state index in [-0.39, 0.29) is 7.25 Å². The van der Waals surface area contributed by atoms with Crippen LogP contribution >= 0.6 is 17.0 Å². The molecule has 2 unspecified atom stereocenters. The number of fused-ring (bicyclic) bond motifs is 2. The van der Waals surface area contributed by atoms with E-state index in [9.17, 15) is 0 Å². The third-order valence-corrected chi connectivity index (χ3v) is 66.6. The van der Waals surface area contributed by atoms with Crippen molar-refractivity contribution in [1.29, 1.82) is 0 Å². The number of allylic oxidation sites excluding steroid dienone is 2. The van der Waals surface area contributed by atoms with Gasteiger partial charge in [-0.25, -0.2) is 0 Å². The maximum atomic E-state index is 9.05. The molecule has 0 nitrogen and oxygen atoms in total. The Morgan fingerprint density at radius 2 is 0.981 bits per heavy atom. The van der Waals surface area contributed by atoms with Crippen molar-refractivity contribution in [2.24, 2.45) is 10.8 Å². The van der Waals surface area contributed by atoms with Gasteiger partial charge in [-0.1, -0.05) is 0 Å². The van der Waals surface area contributed by atoms with Crippen LogP contribution in [0, 0.1) is 24.7 Å². The van der Waals surface area contributed by atoms with E-state index >= 15 is 0 Å². The Balaban J connectivity index is 1.36. The van der Waals surface area contributed by atoms with Crippen molar-refractivity contribution >= 4 is 35.1 Å². The zero-order valence-electron chi connectivity index (χ0n) is 32.3. The Labute approximate surface area is 322 Å². The topological polar surface area (TPSA) is 0 Å². The molecule has 4 aromatic carbocycles. The monoisotopic (exact) mass is 821 g/mol. The fraction of sp³-hybridized carbons (Fsp3) is 0.417. The Kier molecular flexibility index (Phi) is 9.71. The molecule has 2 saturated carbocycles. The number of hydrogen-bond acceptors (Lipinski definition) is 0. The normalized spacial score (nSPS) is 22.1. The van der Waals surface area contributed by atoms with Crippen LogP contribution in [0.25, 0.3) is 34.4 Å². The predicted molar refractivity (Wildman–Crippen MR) is 228 cm³/mol. The molecule has 8 rings (SSSR count). The molecule has 2 fully saturated rings. The second kappa shape index (κ2) is 13.7. The molecule has 4 aromatic rings. The predicted octanol–water partition coefficient (Wildman–Crippen LogP) is 15.1. The van der Waals surface area contributed by atoms with Gasteiger partial charge in [-0.2, -0.15) is 0 Å². The second-order valence-corrected chi connectivity index (χ2v) is 60.3. The van der Waals surface area contributed by atoms with Crippen LogP contribution in [0.5, 0.6) is 0 Å². The Bertz CT molecular complexity index is 1910. The molecule has 4 aliphatic carbocycles. The average molecular weight is 824 g/mol. The van der Waals surface area contributed by atoms with Crippen LogP contribution in [0.3, 0.4) is 0 Å². The molecule has 271 valence electrons. The van der Waals surface area contributed by atoms with Crippen LogP contribution in [0.2, 0.25) is 13.1 Å². The Hall–Kier alpha value is -1.96. The summed E-state index contributed by atoms with van der Waals surface area (Å²) in [4.78, 5) is 0. The van der Waals surface area contributed by atoms with Crippen molar-refractivity contribution in [3.63, 3.8) is 0 Å². The standard InChI is InChI=1S/2C23H25.C2H7Si.2ClH.Zr/c2*1-3-23(12-5-13-23)16-18-14-20-6-4-7-21(22(20)15-18)19-10-8-17(2)9-11-19;1-3-2;;;/h2*4,6-11,14-15H,3,5,12-13,16H2,1-2H3;3H,1-2H3;2*1H;/q;;;;;+2/p-2. The van der Waals surface area contributed by atoms with Crippen molar-refractivity contribution < 1.29 is 15.6 Å². The first-order chi connectivity index (χ1) is 24.9. The van der Waals surface area contributed by atoms with Crippen LogP contribution in [-0.4, -0.2) is 5.92 Å². The summed E-state index contributed by atoms with van der Waals surface area (Å²) in [5.74, 6) is -1.69.